The van der Waals surface area contributed by atoms with Crippen LogP contribution in [0.5, 0.6) is 5.75 Å². The molecule has 0 radical (unpaired) electrons. The second kappa shape index (κ2) is 6.98. The van der Waals surface area contributed by atoms with Gasteiger partial charge in [0.2, 0.25) is 0 Å². The molecule has 0 bridgehead atoms. The summed E-state index contributed by atoms with van der Waals surface area (Å²) in [4.78, 5) is 2.49. The quantitative estimate of drug-likeness (QED) is 0.893. The molecule has 1 aromatic carbocycles. The van der Waals surface area contributed by atoms with Crippen LogP contribution in [0.15, 0.2) is 24.3 Å². The molecule has 1 fully saturated rings. The predicted molar refractivity (Wildman–Crippen MR) is 85.7 cm³/mol. The van der Waals surface area contributed by atoms with E-state index in [1.54, 1.807) is 7.11 Å². The minimum Gasteiger partial charge on any atom is -0.495 e. The summed E-state index contributed by atoms with van der Waals surface area (Å²) in [6.07, 6.45) is 2.40. The number of para-hydroxylation sites is 2. The zero-order valence-electron chi connectivity index (χ0n) is 13.2. The third-order valence-corrected chi connectivity index (χ3v) is 4.62. The van der Waals surface area contributed by atoms with E-state index in [9.17, 15) is 0 Å². The summed E-state index contributed by atoms with van der Waals surface area (Å²) in [5.74, 6) is 1.62. The molecule has 1 N–H and O–H groups in total. The fourth-order valence-corrected chi connectivity index (χ4v) is 3.19. The largest absolute Gasteiger partial charge is 0.495 e. The maximum Gasteiger partial charge on any atom is 0.142 e. The Kier molecular flexibility index (Phi) is 5.30. The maximum absolute atomic E-state index is 5.52. The van der Waals surface area contributed by atoms with Crippen molar-refractivity contribution in [2.45, 2.75) is 45.7 Å². The lowest BCUT2D eigenvalue weighted by Crippen LogP contribution is -2.53. The van der Waals surface area contributed by atoms with Crippen molar-refractivity contribution in [1.82, 2.24) is 5.32 Å². The van der Waals surface area contributed by atoms with Gasteiger partial charge in [0.05, 0.1) is 12.8 Å². The highest BCUT2D eigenvalue weighted by molar-refractivity contribution is 5.59. The van der Waals surface area contributed by atoms with Gasteiger partial charge in [0.25, 0.3) is 0 Å². The van der Waals surface area contributed by atoms with Crippen molar-refractivity contribution in [1.29, 1.82) is 0 Å². The van der Waals surface area contributed by atoms with Gasteiger partial charge in [-0.05, 0) is 44.4 Å². The maximum atomic E-state index is 5.52. The van der Waals surface area contributed by atoms with Gasteiger partial charge in [0.1, 0.15) is 5.75 Å². The molecule has 1 aliphatic rings. The van der Waals surface area contributed by atoms with E-state index in [1.165, 1.54) is 18.5 Å². The van der Waals surface area contributed by atoms with Crippen molar-refractivity contribution < 1.29 is 4.74 Å². The van der Waals surface area contributed by atoms with E-state index >= 15 is 0 Å². The Labute approximate surface area is 123 Å². The van der Waals surface area contributed by atoms with E-state index in [0.717, 1.165) is 18.8 Å². The molecule has 0 aromatic heterocycles. The number of nitrogens with one attached hydrogen (secondary N) is 1. The number of piperidine rings is 1. The predicted octanol–water partition coefficient (Wildman–Crippen LogP) is 3.30. The summed E-state index contributed by atoms with van der Waals surface area (Å²) in [7, 11) is 1.75. The van der Waals surface area contributed by atoms with Crippen molar-refractivity contribution >= 4 is 5.69 Å². The standard InChI is InChI=1S/C17H28N2O/c1-5-11-18-15-10-12-19(14(3)13(15)2)16-8-6-7-9-17(16)20-4/h6-9,13-15,18H,5,10-12H2,1-4H3. The van der Waals surface area contributed by atoms with E-state index in [1.807, 2.05) is 12.1 Å². The van der Waals surface area contributed by atoms with Gasteiger partial charge in [-0.2, -0.15) is 0 Å². The molecule has 3 heteroatoms. The van der Waals surface area contributed by atoms with Crippen molar-refractivity contribution in [3.05, 3.63) is 24.3 Å². The number of rotatable bonds is 5. The molecule has 0 spiro atoms. The molecule has 0 amide bonds. The lowest BCUT2D eigenvalue weighted by Gasteiger charge is -2.44. The van der Waals surface area contributed by atoms with Crippen LogP contribution in [0.4, 0.5) is 5.69 Å². The lowest BCUT2D eigenvalue weighted by molar-refractivity contribution is 0.269. The number of anilines is 1. The number of ether oxygens (including phenoxy) is 1. The molecule has 3 atom stereocenters. The minimum absolute atomic E-state index is 0.523. The third kappa shape index (κ3) is 3.09. The summed E-state index contributed by atoms with van der Waals surface area (Å²) in [6.45, 7) is 9.13. The van der Waals surface area contributed by atoms with E-state index < -0.39 is 0 Å². The van der Waals surface area contributed by atoms with Crippen molar-refractivity contribution in [3.63, 3.8) is 0 Å². The molecule has 1 aliphatic heterocycles. The first-order valence-electron chi connectivity index (χ1n) is 7.82. The molecule has 1 heterocycles. The summed E-state index contributed by atoms with van der Waals surface area (Å²) < 4.78 is 5.52. The highest BCUT2D eigenvalue weighted by Crippen LogP contribution is 2.34. The minimum atomic E-state index is 0.523. The van der Waals surface area contributed by atoms with Gasteiger partial charge in [-0.1, -0.05) is 26.0 Å². The molecule has 112 valence electrons. The van der Waals surface area contributed by atoms with Crippen LogP contribution in [0, 0.1) is 5.92 Å². The molecular formula is C17H28N2O. The molecule has 1 saturated heterocycles. The Morgan fingerprint density at radius 1 is 1.30 bits per heavy atom. The molecule has 0 saturated carbocycles. The number of methoxy groups -OCH3 is 1. The average molecular weight is 276 g/mol. The van der Waals surface area contributed by atoms with E-state index in [2.05, 4.69) is 43.1 Å². The highest BCUT2D eigenvalue weighted by Gasteiger charge is 2.33. The molecule has 3 nitrogen and oxygen atoms in total. The van der Waals surface area contributed by atoms with Crippen LogP contribution in [0.3, 0.4) is 0 Å². The van der Waals surface area contributed by atoms with Gasteiger partial charge >= 0.3 is 0 Å². The van der Waals surface area contributed by atoms with Gasteiger partial charge in [-0.15, -0.1) is 0 Å². The van der Waals surface area contributed by atoms with Crippen LogP contribution in [-0.4, -0.2) is 32.3 Å². The highest BCUT2D eigenvalue weighted by atomic mass is 16.5. The number of benzene rings is 1. The van der Waals surface area contributed by atoms with Crippen LogP contribution in [0.2, 0.25) is 0 Å². The third-order valence-electron chi connectivity index (χ3n) is 4.62. The lowest BCUT2D eigenvalue weighted by atomic mass is 9.86. The Morgan fingerprint density at radius 2 is 2.05 bits per heavy atom. The summed E-state index contributed by atoms with van der Waals surface area (Å²) >= 11 is 0. The monoisotopic (exact) mass is 276 g/mol. The average Bonchev–Trinajstić information content (AvgIpc) is 2.49. The van der Waals surface area contributed by atoms with Crippen LogP contribution in [-0.2, 0) is 0 Å². The Balaban J connectivity index is 2.12. The molecule has 2 rings (SSSR count). The zero-order valence-corrected chi connectivity index (χ0v) is 13.2. The summed E-state index contributed by atoms with van der Waals surface area (Å²) in [6, 6.07) is 9.50. The molecule has 0 aliphatic carbocycles. The topological polar surface area (TPSA) is 24.5 Å². The van der Waals surface area contributed by atoms with Crippen LogP contribution >= 0.6 is 0 Å². The second-order valence-electron chi connectivity index (χ2n) is 5.81. The molecule has 3 unspecified atom stereocenters. The van der Waals surface area contributed by atoms with Gasteiger partial charge in [0.15, 0.2) is 0 Å². The molecular weight excluding hydrogens is 248 g/mol. The van der Waals surface area contributed by atoms with E-state index in [0.29, 0.717) is 18.0 Å². The van der Waals surface area contributed by atoms with Crippen LogP contribution < -0.4 is 15.0 Å². The van der Waals surface area contributed by atoms with Crippen molar-refractivity contribution in [3.8, 4) is 5.75 Å². The van der Waals surface area contributed by atoms with Gasteiger partial charge in [0, 0.05) is 18.6 Å². The number of hydrogen-bond donors (Lipinski definition) is 1. The van der Waals surface area contributed by atoms with Gasteiger partial charge < -0.3 is 15.0 Å². The first-order valence-corrected chi connectivity index (χ1v) is 7.82. The normalized spacial score (nSPS) is 26.6. The van der Waals surface area contributed by atoms with Gasteiger partial charge in [-0.3, -0.25) is 0 Å². The van der Waals surface area contributed by atoms with Crippen LogP contribution in [0.25, 0.3) is 0 Å². The Morgan fingerprint density at radius 3 is 2.75 bits per heavy atom. The van der Waals surface area contributed by atoms with E-state index in [-0.39, 0.29) is 0 Å². The smallest absolute Gasteiger partial charge is 0.142 e. The Hall–Kier alpha value is -1.22. The first kappa shape index (κ1) is 15.2. The SMILES string of the molecule is CCCNC1CCN(c2ccccc2OC)C(C)C1C. The Bertz CT molecular complexity index is 421. The second-order valence-corrected chi connectivity index (χ2v) is 5.81. The molecule has 1 aromatic rings. The molecule has 20 heavy (non-hydrogen) atoms. The first-order chi connectivity index (χ1) is 9.69. The zero-order chi connectivity index (χ0) is 14.5. The van der Waals surface area contributed by atoms with E-state index in [4.69, 9.17) is 4.74 Å². The summed E-state index contributed by atoms with van der Waals surface area (Å²) in [5.41, 5.74) is 1.23. The fourth-order valence-electron chi connectivity index (χ4n) is 3.19. The number of hydrogen-bond acceptors (Lipinski definition) is 3. The van der Waals surface area contributed by atoms with Gasteiger partial charge in [-0.25, -0.2) is 0 Å². The van der Waals surface area contributed by atoms with Crippen molar-refractivity contribution in [2.75, 3.05) is 25.1 Å². The summed E-state index contributed by atoms with van der Waals surface area (Å²) in [5, 5.41) is 3.69. The number of nitrogens with zero attached hydrogens (tertiary/aromatic N) is 1. The fraction of sp³-hybridized carbons (Fsp3) is 0.647. The van der Waals surface area contributed by atoms with Crippen LogP contribution in [0.1, 0.15) is 33.6 Å². The van der Waals surface area contributed by atoms with Crippen molar-refractivity contribution in [2.24, 2.45) is 5.92 Å².